The molecule has 0 unspecified atom stereocenters. The van der Waals surface area contributed by atoms with Gasteiger partial charge in [0.05, 0.1) is 11.6 Å². The van der Waals surface area contributed by atoms with E-state index >= 15 is 0 Å². The summed E-state index contributed by atoms with van der Waals surface area (Å²) in [6, 6.07) is 4.86. The Morgan fingerprint density at radius 1 is 1.38 bits per heavy atom. The normalized spacial score (nSPS) is 9.88. The van der Waals surface area contributed by atoms with E-state index in [0.717, 1.165) is 0 Å². The van der Waals surface area contributed by atoms with Crippen molar-refractivity contribution in [3.05, 3.63) is 33.2 Å². The van der Waals surface area contributed by atoms with Gasteiger partial charge in [-0.1, -0.05) is 23.2 Å². The summed E-state index contributed by atoms with van der Waals surface area (Å²) in [4.78, 5) is 20.3. The van der Waals surface area contributed by atoms with E-state index in [1.807, 2.05) is 0 Å². The standard InChI is InChI=1S/C10H9Cl2NO3/c11-7-3-4-9(8(12)6-7)16-5-1-2-10(14)13-15/h3-4,6H,1-2,5H2. The van der Waals surface area contributed by atoms with Gasteiger partial charge in [0.15, 0.2) is 0 Å². The van der Waals surface area contributed by atoms with Crippen LogP contribution in [0.5, 0.6) is 5.75 Å². The molecule has 16 heavy (non-hydrogen) atoms. The summed E-state index contributed by atoms with van der Waals surface area (Å²) in [6.07, 6.45) is 0.498. The third-order valence-electron chi connectivity index (χ3n) is 1.79. The number of ether oxygens (including phenoxy) is 1. The molecule has 0 aromatic heterocycles. The quantitative estimate of drug-likeness (QED) is 0.603. The Labute approximate surface area is 102 Å². The highest BCUT2D eigenvalue weighted by atomic mass is 35.5. The number of carbonyl (C=O) groups excluding carboxylic acids is 1. The van der Waals surface area contributed by atoms with Crippen LogP contribution < -0.4 is 4.74 Å². The van der Waals surface area contributed by atoms with E-state index < -0.39 is 5.91 Å². The van der Waals surface area contributed by atoms with E-state index in [1.54, 1.807) is 18.2 Å². The first-order valence-electron chi connectivity index (χ1n) is 4.57. The summed E-state index contributed by atoms with van der Waals surface area (Å²) in [5.74, 6) is -0.177. The molecule has 1 aromatic rings. The second-order valence-corrected chi connectivity index (χ2v) is 3.86. The fourth-order valence-corrected chi connectivity index (χ4v) is 1.51. The predicted molar refractivity (Wildman–Crippen MR) is 62.0 cm³/mol. The van der Waals surface area contributed by atoms with Crippen LogP contribution in [0.25, 0.3) is 0 Å². The monoisotopic (exact) mass is 261 g/mol. The first-order chi connectivity index (χ1) is 7.63. The van der Waals surface area contributed by atoms with Gasteiger partial charge < -0.3 is 4.74 Å². The van der Waals surface area contributed by atoms with Crippen LogP contribution >= 0.6 is 23.2 Å². The third-order valence-corrected chi connectivity index (χ3v) is 2.32. The Morgan fingerprint density at radius 2 is 2.12 bits per heavy atom. The Morgan fingerprint density at radius 3 is 2.75 bits per heavy atom. The number of hydrogen-bond acceptors (Lipinski definition) is 3. The first-order valence-corrected chi connectivity index (χ1v) is 5.33. The number of nitroso groups, excluding NO2 is 1. The van der Waals surface area contributed by atoms with Crippen LogP contribution in [0.3, 0.4) is 0 Å². The molecule has 0 aliphatic heterocycles. The molecule has 0 saturated carbocycles. The van der Waals surface area contributed by atoms with Crippen molar-refractivity contribution in [3.63, 3.8) is 0 Å². The Balaban J connectivity index is 2.37. The van der Waals surface area contributed by atoms with Gasteiger partial charge in [0.25, 0.3) is 5.91 Å². The average Bonchev–Trinajstić information content (AvgIpc) is 2.26. The second-order valence-electron chi connectivity index (χ2n) is 3.01. The summed E-state index contributed by atoms with van der Waals surface area (Å²) < 4.78 is 5.30. The molecule has 0 atom stereocenters. The van der Waals surface area contributed by atoms with Crippen molar-refractivity contribution in [2.75, 3.05) is 6.61 Å². The summed E-state index contributed by atoms with van der Waals surface area (Å²) in [7, 11) is 0. The maximum Gasteiger partial charge on any atom is 0.286 e. The SMILES string of the molecule is O=NC(=O)CCCOc1ccc(Cl)cc1Cl. The van der Waals surface area contributed by atoms with Gasteiger partial charge in [0.2, 0.25) is 0 Å². The van der Waals surface area contributed by atoms with Gasteiger partial charge in [-0.25, -0.2) is 0 Å². The van der Waals surface area contributed by atoms with Gasteiger partial charge in [-0.2, -0.15) is 0 Å². The maximum atomic E-state index is 10.6. The van der Waals surface area contributed by atoms with Gasteiger partial charge >= 0.3 is 0 Å². The number of rotatable bonds is 5. The van der Waals surface area contributed by atoms with Gasteiger partial charge in [0, 0.05) is 16.6 Å². The summed E-state index contributed by atoms with van der Waals surface area (Å²) in [5.41, 5.74) is 0. The molecule has 0 spiro atoms. The van der Waals surface area contributed by atoms with Crippen molar-refractivity contribution in [3.8, 4) is 5.75 Å². The largest absolute Gasteiger partial charge is 0.492 e. The van der Waals surface area contributed by atoms with Crippen LogP contribution in [0, 0.1) is 4.91 Å². The van der Waals surface area contributed by atoms with Crippen LogP contribution in [0.1, 0.15) is 12.8 Å². The minimum atomic E-state index is -0.675. The molecular weight excluding hydrogens is 253 g/mol. The topological polar surface area (TPSA) is 55.7 Å². The lowest BCUT2D eigenvalue weighted by atomic mass is 10.3. The van der Waals surface area contributed by atoms with Crippen LogP contribution in [0.15, 0.2) is 23.4 Å². The summed E-state index contributed by atoms with van der Waals surface area (Å²) in [5, 5.41) is 3.21. The first kappa shape index (κ1) is 12.9. The van der Waals surface area contributed by atoms with Crippen LogP contribution in [0.4, 0.5) is 0 Å². The highest BCUT2D eigenvalue weighted by Gasteiger charge is 2.04. The number of benzene rings is 1. The second kappa shape index (κ2) is 6.45. The highest BCUT2D eigenvalue weighted by Crippen LogP contribution is 2.27. The smallest absolute Gasteiger partial charge is 0.286 e. The van der Waals surface area contributed by atoms with Gasteiger partial charge in [-0.3, -0.25) is 4.79 Å². The molecule has 1 aromatic carbocycles. The molecule has 0 aliphatic carbocycles. The molecule has 1 rings (SSSR count). The lowest BCUT2D eigenvalue weighted by Crippen LogP contribution is -2.01. The molecule has 0 bridgehead atoms. The third kappa shape index (κ3) is 4.16. The maximum absolute atomic E-state index is 10.6. The van der Waals surface area contributed by atoms with E-state index in [4.69, 9.17) is 27.9 Å². The predicted octanol–water partition coefficient (Wildman–Crippen LogP) is 3.45. The molecule has 4 nitrogen and oxygen atoms in total. The molecule has 0 aliphatic rings. The summed E-state index contributed by atoms with van der Waals surface area (Å²) in [6.45, 7) is 0.294. The van der Waals surface area contributed by atoms with Crippen molar-refractivity contribution < 1.29 is 9.53 Å². The van der Waals surface area contributed by atoms with E-state index in [-0.39, 0.29) is 6.42 Å². The van der Waals surface area contributed by atoms with E-state index in [9.17, 15) is 9.70 Å². The van der Waals surface area contributed by atoms with Crippen molar-refractivity contribution in [2.24, 2.45) is 5.18 Å². The zero-order chi connectivity index (χ0) is 12.0. The fourth-order valence-electron chi connectivity index (χ4n) is 1.04. The average molecular weight is 262 g/mol. The van der Waals surface area contributed by atoms with Crippen molar-refractivity contribution in [1.82, 2.24) is 0 Å². The van der Waals surface area contributed by atoms with E-state index in [1.165, 1.54) is 0 Å². The van der Waals surface area contributed by atoms with E-state index in [0.29, 0.717) is 28.8 Å². The Bertz CT molecular complexity index is 396. The van der Waals surface area contributed by atoms with Gasteiger partial charge in [0.1, 0.15) is 5.75 Å². The zero-order valence-electron chi connectivity index (χ0n) is 8.28. The lowest BCUT2D eigenvalue weighted by molar-refractivity contribution is -0.118. The van der Waals surface area contributed by atoms with Crippen molar-refractivity contribution in [2.45, 2.75) is 12.8 Å². The number of amides is 1. The number of hydrogen-bond donors (Lipinski definition) is 0. The zero-order valence-corrected chi connectivity index (χ0v) is 9.79. The number of halogens is 2. The summed E-state index contributed by atoms with van der Waals surface area (Å²) >= 11 is 11.6. The van der Waals surface area contributed by atoms with E-state index in [2.05, 4.69) is 5.18 Å². The van der Waals surface area contributed by atoms with Crippen molar-refractivity contribution >= 4 is 29.1 Å². The molecule has 0 radical (unpaired) electrons. The highest BCUT2D eigenvalue weighted by molar-refractivity contribution is 6.35. The minimum Gasteiger partial charge on any atom is -0.492 e. The van der Waals surface area contributed by atoms with Crippen LogP contribution in [-0.2, 0) is 4.79 Å². The molecule has 0 saturated heterocycles. The number of nitrogens with zero attached hydrogens (tertiary/aromatic N) is 1. The molecule has 0 heterocycles. The van der Waals surface area contributed by atoms with Crippen LogP contribution in [-0.4, -0.2) is 12.5 Å². The Kier molecular flexibility index (Phi) is 5.22. The molecule has 86 valence electrons. The molecule has 1 amide bonds. The molecular formula is C10H9Cl2NO3. The van der Waals surface area contributed by atoms with Crippen LogP contribution in [0.2, 0.25) is 10.0 Å². The molecule has 6 heteroatoms. The van der Waals surface area contributed by atoms with Gasteiger partial charge in [-0.05, 0) is 24.6 Å². The number of carbonyl (C=O) groups is 1. The van der Waals surface area contributed by atoms with Gasteiger partial charge in [-0.15, -0.1) is 4.91 Å². The van der Waals surface area contributed by atoms with Crippen molar-refractivity contribution in [1.29, 1.82) is 0 Å². The minimum absolute atomic E-state index is 0.0781. The Hall–Kier alpha value is -1.13. The lowest BCUT2D eigenvalue weighted by Gasteiger charge is -2.06. The molecule has 0 N–H and O–H groups in total. The molecule has 0 fully saturated rings. The fraction of sp³-hybridized carbons (Fsp3) is 0.300.